The van der Waals surface area contributed by atoms with Gasteiger partial charge in [-0.3, -0.25) is 4.79 Å². The number of carbonyl (C=O) groups excluding carboxylic acids is 1. The number of aromatic nitrogens is 3. The van der Waals surface area contributed by atoms with Crippen LogP contribution < -0.4 is 0 Å². The molecule has 6 heteroatoms. The summed E-state index contributed by atoms with van der Waals surface area (Å²) in [7, 11) is 0. The molecule has 2 rings (SSSR count). The highest BCUT2D eigenvalue weighted by Crippen LogP contribution is 2.03. The number of rotatable bonds is 3. The molecule has 0 aliphatic carbocycles. The predicted octanol–water partition coefficient (Wildman–Crippen LogP) is -0.249. The van der Waals surface area contributed by atoms with Crippen molar-refractivity contribution in [1.29, 1.82) is 0 Å². The van der Waals surface area contributed by atoms with E-state index >= 15 is 0 Å². The minimum atomic E-state index is 0.134. The summed E-state index contributed by atoms with van der Waals surface area (Å²) < 4.78 is 1.65. The van der Waals surface area contributed by atoms with Crippen molar-refractivity contribution < 1.29 is 4.79 Å². The van der Waals surface area contributed by atoms with E-state index < -0.39 is 0 Å². The largest absolute Gasteiger partial charge is 0.339 e. The van der Waals surface area contributed by atoms with Crippen LogP contribution >= 0.6 is 0 Å². The number of aryl methyl sites for hydroxylation is 1. The topological polar surface area (TPSA) is 54.3 Å². The number of amides is 1. The lowest BCUT2D eigenvalue weighted by Crippen LogP contribution is -2.49. The van der Waals surface area contributed by atoms with Crippen molar-refractivity contribution in [2.75, 3.05) is 32.7 Å². The Balaban J connectivity index is 1.87. The van der Waals surface area contributed by atoms with E-state index in [1.807, 2.05) is 11.8 Å². The van der Waals surface area contributed by atoms with E-state index in [4.69, 9.17) is 0 Å². The van der Waals surface area contributed by atoms with Crippen LogP contribution in [0.25, 0.3) is 0 Å². The Morgan fingerprint density at radius 1 is 1.35 bits per heavy atom. The van der Waals surface area contributed by atoms with Gasteiger partial charge in [-0.05, 0) is 13.5 Å². The molecule has 6 nitrogen and oxygen atoms in total. The molecule has 0 unspecified atom stereocenters. The summed E-state index contributed by atoms with van der Waals surface area (Å²) in [6.07, 6.45) is 1.67. The van der Waals surface area contributed by atoms with Crippen LogP contribution in [-0.4, -0.2) is 63.4 Å². The van der Waals surface area contributed by atoms with Crippen molar-refractivity contribution in [3.8, 4) is 0 Å². The Morgan fingerprint density at radius 2 is 2.06 bits per heavy atom. The lowest BCUT2D eigenvalue weighted by molar-refractivity contribution is -0.133. The van der Waals surface area contributed by atoms with E-state index in [9.17, 15) is 4.79 Å². The number of hydrogen-bond acceptors (Lipinski definition) is 4. The summed E-state index contributed by atoms with van der Waals surface area (Å²) in [5.74, 6) is 0.134. The molecule has 94 valence electrons. The minimum Gasteiger partial charge on any atom is -0.339 e. The van der Waals surface area contributed by atoms with Crippen LogP contribution in [0.3, 0.4) is 0 Å². The van der Waals surface area contributed by atoms with E-state index in [0.29, 0.717) is 6.54 Å². The van der Waals surface area contributed by atoms with Crippen molar-refractivity contribution in [3.05, 3.63) is 11.9 Å². The fourth-order valence-corrected chi connectivity index (χ4v) is 2.01. The Bertz CT molecular complexity index is 381. The van der Waals surface area contributed by atoms with Gasteiger partial charge in [0.2, 0.25) is 5.91 Å². The lowest BCUT2D eigenvalue weighted by Gasteiger charge is -2.34. The highest BCUT2D eigenvalue weighted by Gasteiger charge is 2.20. The van der Waals surface area contributed by atoms with Crippen molar-refractivity contribution in [2.24, 2.45) is 0 Å². The number of likely N-dealkylation sites (N-methyl/N-ethyl adjacent to an activating group) is 1. The fourth-order valence-electron chi connectivity index (χ4n) is 2.01. The van der Waals surface area contributed by atoms with Crippen LogP contribution in [0.1, 0.15) is 12.6 Å². The summed E-state index contributed by atoms with van der Waals surface area (Å²) in [6.45, 7) is 9.00. The van der Waals surface area contributed by atoms with E-state index in [1.54, 1.807) is 10.9 Å². The molecule has 0 saturated carbocycles. The van der Waals surface area contributed by atoms with Crippen molar-refractivity contribution in [3.63, 3.8) is 0 Å². The standard InChI is InChI=1S/C11H19N5O/c1-3-14-4-6-15(7-5-14)11(17)9-16-10(2)8-12-13-16/h8H,3-7,9H2,1-2H3. The second-order valence-corrected chi connectivity index (χ2v) is 4.35. The molecule has 17 heavy (non-hydrogen) atoms. The van der Waals surface area contributed by atoms with Crippen LogP contribution in [0, 0.1) is 6.92 Å². The Morgan fingerprint density at radius 3 is 2.59 bits per heavy atom. The van der Waals surface area contributed by atoms with Gasteiger partial charge < -0.3 is 9.80 Å². The zero-order valence-electron chi connectivity index (χ0n) is 10.5. The lowest BCUT2D eigenvalue weighted by atomic mass is 10.3. The molecule has 1 fully saturated rings. The predicted molar refractivity (Wildman–Crippen MR) is 63.5 cm³/mol. The second kappa shape index (κ2) is 5.27. The first-order valence-corrected chi connectivity index (χ1v) is 6.06. The number of nitrogens with zero attached hydrogens (tertiary/aromatic N) is 5. The first-order valence-electron chi connectivity index (χ1n) is 6.06. The number of hydrogen-bond donors (Lipinski definition) is 0. The summed E-state index contributed by atoms with van der Waals surface area (Å²) in [5.41, 5.74) is 0.922. The number of piperazine rings is 1. The van der Waals surface area contributed by atoms with Crippen LogP contribution in [0.2, 0.25) is 0 Å². The molecule has 0 bridgehead atoms. The third-order valence-electron chi connectivity index (χ3n) is 3.27. The first kappa shape index (κ1) is 12.0. The zero-order chi connectivity index (χ0) is 12.3. The normalized spacial score (nSPS) is 17.4. The van der Waals surface area contributed by atoms with Gasteiger partial charge >= 0.3 is 0 Å². The molecule has 0 N–H and O–H groups in total. The quantitative estimate of drug-likeness (QED) is 0.727. The third-order valence-corrected chi connectivity index (χ3v) is 3.27. The first-order chi connectivity index (χ1) is 8.20. The number of carbonyl (C=O) groups is 1. The molecule has 1 aromatic heterocycles. The van der Waals surface area contributed by atoms with Gasteiger partial charge in [0.15, 0.2) is 0 Å². The van der Waals surface area contributed by atoms with Gasteiger partial charge in [0, 0.05) is 26.2 Å². The molecule has 0 spiro atoms. The molecule has 1 saturated heterocycles. The summed E-state index contributed by atoms with van der Waals surface area (Å²) in [6, 6.07) is 0. The molecular weight excluding hydrogens is 218 g/mol. The molecule has 0 atom stereocenters. The highest BCUT2D eigenvalue weighted by molar-refractivity contribution is 5.76. The van der Waals surface area contributed by atoms with Gasteiger partial charge in [-0.2, -0.15) is 0 Å². The maximum absolute atomic E-state index is 12.0. The maximum atomic E-state index is 12.0. The Kier molecular flexibility index (Phi) is 3.73. The second-order valence-electron chi connectivity index (χ2n) is 4.35. The molecular formula is C11H19N5O. The SMILES string of the molecule is CCN1CCN(C(=O)Cn2nncc2C)CC1. The third kappa shape index (κ3) is 2.82. The maximum Gasteiger partial charge on any atom is 0.244 e. The molecule has 1 aliphatic rings. The smallest absolute Gasteiger partial charge is 0.244 e. The average Bonchev–Trinajstić information content (AvgIpc) is 2.75. The molecule has 2 heterocycles. The molecule has 1 amide bonds. The van der Waals surface area contributed by atoms with Crippen molar-refractivity contribution >= 4 is 5.91 Å². The summed E-state index contributed by atoms with van der Waals surface area (Å²) >= 11 is 0. The van der Waals surface area contributed by atoms with E-state index in [2.05, 4.69) is 22.1 Å². The van der Waals surface area contributed by atoms with Gasteiger partial charge in [0.25, 0.3) is 0 Å². The van der Waals surface area contributed by atoms with Gasteiger partial charge in [-0.25, -0.2) is 4.68 Å². The van der Waals surface area contributed by atoms with Crippen molar-refractivity contribution in [1.82, 2.24) is 24.8 Å². The van der Waals surface area contributed by atoms with E-state index in [-0.39, 0.29) is 5.91 Å². The molecule has 0 radical (unpaired) electrons. The molecule has 0 aromatic carbocycles. The van der Waals surface area contributed by atoms with Gasteiger partial charge in [0.05, 0.1) is 11.9 Å². The van der Waals surface area contributed by atoms with Crippen LogP contribution in [0.15, 0.2) is 6.20 Å². The van der Waals surface area contributed by atoms with Crippen molar-refractivity contribution in [2.45, 2.75) is 20.4 Å². The minimum absolute atomic E-state index is 0.134. The van der Waals surface area contributed by atoms with Gasteiger partial charge in [-0.15, -0.1) is 5.10 Å². The highest BCUT2D eigenvalue weighted by atomic mass is 16.2. The molecule has 1 aliphatic heterocycles. The van der Waals surface area contributed by atoms with Gasteiger partial charge in [0.1, 0.15) is 6.54 Å². The summed E-state index contributed by atoms with van der Waals surface area (Å²) in [5, 5.41) is 7.67. The van der Waals surface area contributed by atoms with E-state index in [0.717, 1.165) is 38.4 Å². The van der Waals surface area contributed by atoms with Crippen LogP contribution in [-0.2, 0) is 11.3 Å². The van der Waals surface area contributed by atoms with Crippen LogP contribution in [0.5, 0.6) is 0 Å². The van der Waals surface area contributed by atoms with Gasteiger partial charge in [-0.1, -0.05) is 12.1 Å². The summed E-state index contributed by atoms with van der Waals surface area (Å²) in [4.78, 5) is 16.3. The molecule has 1 aromatic rings. The van der Waals surface area contributed by atoms with E-state index in [1.165, 1.54) is 0 Å². The Hall–Kier alpha value is -1.43. The zero-order valence-corrected chi connectivity index (χ0v) is 10.5. The Labute approximate surface area is 101 Å². The fraction of sp³-hybridized carbons (Fsp3) is 0.727. The average molecular weight is 237 g/mol. The monoisotopic (exact) mass is 237 g/mol. The van der Waals surface area contributed by atoms with Crippen LogP contribution in [0.4, 0.5) is 0 Å².